The first-order valence-corrected chi connectivity index (χ1v) is 10.8. The van der Waals surface area contributed by atoms with Gasteiger partial charge in [0.15, 0.2) is 0 Å². The lowest BCUT2D eigenvalue weighted by Gasteiger charge is -2.23. The van der Waals surface area contributed by atoms with E-state index >= 15 is 0 Å². The highest BCUT2D eigenvalue weighted by Crippen LogP contribution is 2.35. The molecule has 0 bridgehead atoms. The zero-order valence-corrected chi connectivity index (χ0v) is 17.0. The molecular formula is C19H21N5OS2. The molecule has 2 aromatic heterocycles. The molecule has 4 rings (SSSR count). The molecule has 0 N–H and O–H groups in total. The maximum atomic E-state index is 12.8. The van der Waals surface area contributed by atoms with Gasteiger partial charge >= 0.3 is 0 Å². The molecular weight excluding hydrogens is 378 g/mol. The van der Waals surface area contributed by atoms with Crippen molar-refractivity contribution >= 4 is 29.0 Å². The van der Waals surface area contributed by atoms with Crippen LogP contribution in [0.25, 0.3) is 5.69 Å². The minimum Gasteiger partial charge on any atom is -0.334 e. The van der Waals surface area contributed by atoms with Gasteiger partial charge in [-0.25, -0.2) is 0 Å². The second kappa shape index (κ2) is 7.82. The van der Waals surface area contributed by atoms with E-state index in [-0.39, 0.29) is 11.9 Å². The summed E-state index contributed by atoms with van der Waals surface area (Å²) in [4.78, 5) is 16.1. The van der Waals surface area contributed by atoms with Crippen LogP contribution in [-0.2, 0) is 4.79 Å². The maximum absolute atomic E-state index is 12.8. The second-order valence-corrected chi connectivity index (χ2v) is 8.63. The molecule has 1 unspecified atom stereocenters. The number of aromatic nitrogens is 4. The predicted octanol–water partition coefficient (Wildman–Crippen LogP) is 3.80. The SMILES string of the molecule is Cc1ccc(C)c(-n2nnnc2SCC(=O)N2CCCC2c2cccs2)c1. The summed E-state index contributed by atoms with van der Waals surface area (Å²) in [5.41, 5.74) is 3.19. The van der Waals surface area contributed by atoms with Gasteiger partial charge in [-0.05, 0) is 65.8 Å². The molecule has 1 fully saturated rings. The Morgan fingerprint density at radius 2 is 2.22 bits per heavy atom. The van der Waals surface area contributed by atoms with Crippen molar-refractivity contribution in [2.24, 2.45) is 0 Å². The molecule has 1 aliphatic rings. The molecule has 140 valence electrons. The van der Waals surface area contributed by atoms with E-state index in [1.165, 1.54) is 16.6 Å². The van der Waals surface area contributed by atoms with E-state index in [0.717, 1.165) is 36.2 Å². The summed E-state index contributed by atoms with van der Waals surface area (Å²) < 4.78 is 1.72. The molecule has 1 aromatic carbocycles. The lowest BCUT2D eigenvalue weighted by atomic mass is 10.1. The zero-order chi connectivity index (χ0) is 18.8. The van der Waals surface area contributed by atoms with Gasteiger partial charge in [-0.1, -0.05) is 30.0 Å². The molecule has 1 aliphatic heterocycles. The summed E-state index contributed by atoms with van der Waals surface area (Å²) in [6.45, 7) is 4.90. The molecule has 0 spiro atoms. The lowest BCUT2D eigenvalue weighted by Crippen LogP contribution is -2.31. The minimum atomic E-state index is 0.145. The van der Waals surface area contributed by atoms with Crippen LogP contribution < -0.4 is 0 Å². The fourth-order valence-corrected chi connectivity index (χ4v) is 5.06. The van der Waals surface area contributed by atoms with E-state index in [1.807, 2.05) is 24.8 Å². The highest BCUT2D eigenvalue weighted by molar-refractivity contribution is 7.99. The van der Waals surface area contributed by atoms with E-state index in [9.17, 15) is 4.79 Å². The van der Waals surface area contributed by atoms with Gasteiger partial charge in [0.1, 0.15) is 0 Å². The molecule has 6 nitrogen and oxygen atoms in total. The first kappa shape index (κ1) is 18.2. The topological polar surface area (TPSA) is 63.9 Å². The van der Waals surface area contributed by atoms with Crippen molar-refractivity contribution in [2.75, 3.05) is 12.3 Å². The van der Waals surface area contributed by atoms with Crippen LogP contribution in [0.3, 0.4) is 0 Å². The lowest BCUT2D eigenvalue weighted by molar-refractivity contribution is -0.129. The molecule has 3 heterocycles. The molecule has 0 saturated carbocycles. The number of likely N-dealkylation sites (tertiary alicyclic amines) is 1. The Labute approximate surface area is 166 Å². The van der Waals surface area contributed by atoms with Crippen LogP contribution in [0.2, 0.25) is 0 Å². The number of hydrogen-bond donors (Lipinski definition) is 0. The Kier molecular flexibility index (Phi) is 5.27. The average molecular weight is 400 g/mol. The van der Waals surface area contributed by atoms with Gasteiger partial charge in [0.25, 0.3) is 0 Å². The first-order chi connectivity index (χ1) is 13.1. The maximum Gasteiger partial charge on any atom is 0.233 e. The highest BCUT2D eigenvalue weighted by Gasteiger charge is 2.30. The van der Waals surface area contributed by atoms with Gasteiger partial charge in [-0.3, -0.25) is 4.79 Å². The van der Waals surface area contributed by atoms with Crippen molar-refractivity contribution < 1.29 is 4.79 Å². The van der Waals surface area contributed by atoms with Crippen molar-refractivity contribution in [1.82, 2.24) is 25.1 Å². The number of hydrogen-bond acceptors (Lipinski definition) is 6. The molecule has 0 radical (unpaired) electrons. The fraction of sp³-hybridized carbons (Fsp3) is 0.368. The molecule has 1 saturated heterocycles. The van der Waals surface area contributed by atoms with E-state index < -0.39 is 0 Å². The summed E-state index contributed by atoms with van der Waals surface area (Å²) in [6.07, 6.45) is 2.09. The monoisotopic (exact) mass is 399 g/mol. The summed E-state index contributed by atoms with van der Waals surface area (Å²) in [5, 5.41) is 14.8. The number of rotatable bonds is 5. The molecule has 3 aromatic rings. The van der Waals surface area contributed by atoms with Crippen LogP contribution in [-0.4, -0.2) is 43.3 Å². The van der Waals surface area contributed by atoms with Gasteiger partial charge in [0.05, 0.1) is 17.5 Å². The van der Waals surface area contributed by atoms with E-state index in [2.05, 4.69) is 45.2 Å². The third kappa shape index (κ3) is 3.77. The first-order valence-electron chi connectivity index (χ1n) is 8.95. The number of tetrazole rings is 1. The van der Waals surface area contributed by atoms with Crippen molar-refractivity contribution in [3.05, 3.63) is 51.7 Å². The van der Waals surface area contributed by atoms with Crippen LogP contribution in [0.4, 0.5) is 0 Å². The standard InChI is InChI=1S/C19H21N5OS2/c1-13-7-8-14(2)16(11-13)24-19(20-21-22-24)27-12-18(25)23-9-3-5-15(23)17-6-4-10-26-17/h4,6-8,10-11,15H,3,5,9,12H2,1-2H3. The van der Waals surface area contributed by atoms with E-state index in [4.69, 9.17) is 0 Å². The van der Waals surface area contributed by atoms with Gasteiger partial charge < -0.3 is 4.90 Å². The number of carbonyl (C=O) groups is 1. The van der Waals surface area contributed by atoms with Gasteiger partial charge in [0, 0.05) is 11.4 Å². The molecule has 8 heteroatoms. The molecule has 1 amide bonds. The number of nitrogens with zero attached hydrogens (tertiary/aromatic N) is 5. The zero-order valence-electron chi connectivity index (χ0n) is 15.3. The Morgan fingerprint density at radius 3 is 3.04 bits per heavy atom. The Morgan fingerprint density at radius 1 is 1.33 bits per heavy atom. The normalized spacial score (nSPS) is 16.8. The minimum absolute atomic E-state index is 0.145. The van der Waals surface area contributed by atoms with Crippen LogP contribution in [0, 0.1) is 13.8 Å². The van der Waals surface area contributed by atoms with Crippen LogP contribution in [0.1, 0.15) is 34.9 Å². The number of thiophene rings is 1. The van der Waals surface area contributed by atoms with Crippen molar-refractivity contribution in [1.29, 1.82) is 0 Å². The molecule has 1 atom stereocenters. The third-order valence-corrected chi connectivity index (χ3v) is 6.68. The van der Waals surface area contributed by atoms with E-state index in [1.54, 1.807) is 16.0 Å². The number of benzene rings is 1. The number of aryl methyl sites for hydroxylation is 2. The molecule has 27 heavy (non-hydrogen) atoms. The molecule has 0 aliphatic carbocycles. The summed E-state index contributed by atoms with van der Waals surface area (Å²) in [5.74, 6) is 0.485. The van der Waals surface area contributed by atoms with Gasteiger partial charge in [-0.15, -0.1) is 16.4 Å². The van der Waals surface area contributed by atoms with Crippen molar-refractivity contribution in [3.63, 3.8) is 0 Å². The fourth-order valence-electron chi connectivity index (χ4n) is 3.42. The quantitative estimate of drug-likeness (QED) is 0.611. The predicted molar refractivity (Wildman–Crippen MR) is 107 cm³/mol. The van der Waals surface area contributed by atoms with Gasteiger partial charge in [-0.2, -0.15) is 4.68 Å². The summed E-state index contributed by atoms with van der Waals surface area (Å²) in [7, 11) is 0. The average Bonchev–Trinajstić information content (AvgIpc) is 3.41. The van der Waals surface area contributed by atoms with Crippen molar-refractivity contribution in [3.8, 4) is 5.69 Å². The highest BCUT2D eigenvalue weighted by atomic mass is 32.2. The van der Waals surface area contributed by atoms with Crippen molar-refractivity contribution in [2.45, 2.75) is 37.9 Å². The Balaban J connectivity index is 1.47. The largest absolute Gasteiger partial charge is 0.334 e. The number of amides is 1. The number of thioether (sulfide) groups is 1. The Bertz CT molecular complexity index is 937. The van der Waals surface area contributed by atoms with E-state index in [0.29, 0.717) is 10.9 Å². The van der Waals surface area contributed by atoms with Crippen LogP contribution in [0.15, 0.2) is 40.9 Å². The smallest absolute Gasteiger partial charge is 0.233 e. The third-order valence-electron chi connectivity index (χ3n) is 4.80. The van der Waals surface area contributed by atoms with Crippen LogP contribution in [0.5, 0.6) is 0 Å². The van der Waals surface area contributed by atoms with Gasteiger partial charge in [0.2, 0.25) is 11.1 Å². The van der Waals surface area contributed by atoms with Crippen LogP contribution >= 0.6 is 23.1 Å². The Hall–Kier alpha value is -2.19. The second-order valence-electron chi connectivity index (χ2n) is 6.71. The summed E-state index contributed by atoms with van der Waals surface area (Å²) >= 11 is 3.12. The number of carbonyl (C=O) groups excluding carboxylic acids is 1. The summed E-state index contributed by atoms with van der Waals surface area (Å²) in [6, 6.07) is 10.6.